The van der Waals surface area contributed by atoms with Gasteiger partial charge in [-0.3, -0.25) is 4.99 Å². The fourth-order valence-corrected chi connectivity index (χ4v) is 3.79. The summed E-state index contributed by atoms with van der Waals surface area (Å²) >= 11 is 1.78. The Hall–Kier alpha value is -1.98. The SMILES string of the molecule is CCC(CC)C1CN=C(Nc2ccc(C#N)c(C#N)c2)S1. The van der Waals surface area contributed by atoms with Crippen molar-refractivity contribution in [2.45, 2.75) is 31.9 Å². The van der Waals surface area contributed by atoms with Crippen LogP contribution in [0.15, 0.2) is 23.2 Å². The molecule has 0 fully saturated rings. The summed E-state index contributed by atoms with van der Waals surface area (Å²) < 4.78 is 0. The van der Waals surface area contributed by atoms with Crippen molar-refractivity contribution < 1.29 is 0 Å². The van der Waals surface area contributed by atoms with Gasteiger partial charge in [-0.1, -0.05) is 38.5 Å². The van der Waals surface area contributed by atoms with E-state index in [2.05, 4.69) is 24.2 Å². The zero-order valence-corrected chi connectivity index (χ0v) is 13.1. The van der Waals surface area contributed by atoms with Gasteiger partial charge in [0.05, 0.1) is 17.7 Å². The molecule has 2 rings (SSSR count). The number of thioether (sulfide) groups is 1. The van der Waals surface area contributed by atoms with Crippen LogP contribution in [0.2, 0.25) is 0 Å². The van der Waals surface area contributed by atoms with Gasteiger partial charge in [-0.05, 0) is 24.1 Å². The van der Waals surface area contributed by atoms with Crippen LogP contribution in [0.5, 0.6) is 0 Å². The molecule has 1 aliphatic heterocycles. The summed E-state index contributed by atoms with van der Waals surface area (Å²) in [6.45, 7) is 5.29. The Balaban J connectivity index is 2.04. The van der Waals surface area contributed by atoms with Crippen molar-refractivity contribution in [3.8, 4) is 12.1 Å². The molecule has 0 radical (unpaired) electrons. The molecule has 1 heterocycles. The fraction of sp³-hybridized carbons (Fsp3) is 0.438. The largest absolute Gasteiger partial charge is 0.335 e. The highest BCUT2D eigenvalue weighted by atomic mass is 32.2. The first-order chi connectivity index (χ1) is 10.2. The fourth-order valence-electron chi connectivity index (χ4n) is 2.46. The minimum Gasteiger partial charge on any atom is -0.335 e. The number of nitrogens with one attached hydrogen (secondary N) is 1. The molecular weight excluding hydrogens is 280 g/mol. The summed E-state index contributed by atoms with van der Waals surface area (Å²) in [5.41, 5.74) is 1.60. The van der Waals surface area contributed by atoms with Crippen LogP contribution in [0.4, 0.5) is 5.69 Å². The van der Waals surface area contributed by atoms with E-state index in [4.69, 9.17) is 10.5 Å². The van der Waals surface area contributed by atoms with Gasteiger partial charge in [-0.15, -0.1) is 0 Å². The highest BCUT2D eigenvalue weighted by Gasteiger charge is 2.25. The Bertz CT molecular complexity index is 620. The second-order valence-electron chi connectivity index (χ2n) is 4.99. The summed E-state index contributed by atoms with van der Waals surface area (Å²) in [7, 11) is 0. The molecule has 21 heavy (non-hydrogen) atoms. The zero-order chi connectivity index (χ0) is 15.2. The number of rotatable bonds is 4. The predicted molar refractivity (Wildman–Crippen MR) is 87.2 cm³/mol. The molecule has 4 nitrogen and oxygen atoms in total. The third kappa shape index (κ3) is 3.56. The van der Waals surface area contributed by atoms with E-state index in [1.807, 2.05) is 18.2 Å². The van der Waals surface area contributed by atoms with Gasteiger partial charge in [-0.25, -0.2) is 0 Å². The van der Waals surface area contributed by atoms with Gasteiger partial charge < -0.3 is 5.32 Å². The van der Waals surface area contributed by atoms with Crippen LogP contribution in [-0.2, 0) is 0 Å². The lowest BCUT2D eigenvalue weighted by atomic mass is 9.99. The van der Waals surface area contributed by atoms with Crippen molar-refractivity contribution in [2.75, 3.05) is 11.9 Å². The van der Waals surface area contributed by atoms with Crippen molar-refractivity contribution in [1.29, 1.82) is 10.5 Å². The van der Waals surface area contributed by atoms with Crippen LogP contribution in [-0.4, -0.2) is 17.0 Å². The van der Waals surface area contributed by atoms with Crippen LogP contribution >= 0.6 is 11.8 Å². The molecule has 1 aromatic carbocycles. The number of benzene rings is 1. The first kappa shape index (κ1) is 15.4. The van der Waals surface area contributed by atoms with Crippen LogP contribution < -0.4 is 5.32 Å². The monoisotopic (exact) mass is 298 g/mol. The lowest BCUT2D eigenvalue weighted by Crippen LogP contribution is -2.17. The van der Waals surface area contributed by atoms with E-state index < -0.39 is 0 Å². The highest BCUT2D eigenvalue weighted by Crippen LogP contribution is 2.31. The molecular formula is C16H18N4S. The van der Waals surface area contributed by atoms with Gasteiger partial charge in [0.2, 0.25) is 0 Å². The average molecular weight is 298 g/mol. The maximum Gasteiger partial charge on any atom is 0.161 e. The van der Waals surface area contributed by atoms with E-state index in [0.29, 0.717) is 22.3 Å². The van der Waals surface area contributed by atoms with E-state index in [-0.39, 0.29) is 0 Å². The van der Waals surface area contributed by atoms with E-state index in [9.17, 15) is 0 Å². The van der Waals surface area contributed by atoms with Crippen molar-refractivity contribution in [1.82, 2.24) is 0 Å². The summed E-state index contributed by atoms with van der Waals surface area (Å²) in [5.74, 6) is 0.689. The van der Waals surface area contributed by atoms with Crippen molar-refractivity contribution >= 4 is 22.6 Å². The van der Waals surface area contributed by atoms with E-state index in [1.165, 1.54) is 12.8 Å². The number of aliphatic imine (C=N–C) groups is 1. The Kier molecular flexibility index (Phi) is 5.25. The molecule has 0 amide bonds. The first-order valence-corrected chi connectivity index (χ1v) is 8.02. The first-order valence-electron chi connectivity index (χ1n) is 7.14. The topological polar surface area (TPSA) is 72.0 Å². The van der Waals surface area contributed by atoms with Crippen LogP contribution in [0.3, 0.4) is 0 Å². The van der Waals surface area contributed by atoms with Gasteiger partial charge in [0, 0.05) is 10.9 Å². The standard InChI is InChI=1S/C16H18N4S/c1-3-11(4-2)15-10-19-16(21-15)20-14-6-5-12(8-17)13(7-14)9-18/h5-7,11,15H,3-4,10H2,1-2H3,(H,19,20). The normalized spacial score (nSPS) is 17.2. The minimum atomic E-state index is 0.391. The Morgan fingerprint density at radius 2 is 2.00 bits per heavy atom. The molecule has 1 atom stereocenters. The Morgan fingerprint density at radius 1 is 1.29 bits per heavy atom. The summed E-state index contributed by atoms with van der Waals surface area (Å²) in [5, 5.41) is 22.7. The Morgan fingerprint density at radius 3 is 2.62 bits per heavy atom. The predicted octanol–water partition coefficient (Wildman–Crippen LogP) is 3.75. The summed E-state index contributed by atoms with van der Waals surface area (Å²) in [4.78, 5) is 4.55. The lowest BCUT2D eigenvalue weighted by Gasteiger charge is -2.18. The molecule has 1 unspecified atom stereocenters. The molecule has 5 heteroatoms. The lowest BCUT2D eigenvalue weighted by molar-refractivity contribution is 0.479. The number of anilines is 1. The van der Waals surface area contributed by atoms with Crippen LogP contribution in [0, 0.1) is 28.6 Å². The van der Waals surface area contributed by atoms with Gasteiger partial charge in [-0.2, -0.15) is 10.5 Å². The van der Waals surface area contributed by atoms with Gasteiger partial charge in [0.1, 0.15) is 12.1 Å². The van der Waals surface area contributed by atoms with Gasteiger partial charge in [0.25, 0.3) is 0 Å². The quantitative estimate of drug-likeness (QED) is 0.919. The molecule has 1 aromatic rings. The maximum absolute atomic E-state index is 9.05. The molecule has 1 N–H and O–H groups in total. The molecule has 0 bridgehead atoms. The highest BCUT2D eigenvalue weighted by molar-refractivity contribution is 8.15. The number of amidine groups is 1. The summed E-state index contributed by atoms with van der Waals surface area (Å²) in [6, 6.07) is 9.25. The third-order valence-corrected chi connectivity index (χ3v) is 5.06. The number of hydrogen-bond donors (Lipinski definition) is 1. The maximum atomic E-state index is 9.05. The van der Waals surface area contributed by atoms with Crippen molar-refractivity contribution in [2.24, 2.45) is 10.9 Å². The number of nitrogens with zero attached hydrogens (tertiary/aromatic N) is 3. The number of hydrogen-bond acceptors (Lipinski definition) is 5. The molecule has 0 aromatic heterocycles. The molecule has 1 aliphatic rings. The van der Waals surface area contributed by atoms with Crippen LogP contribution in [0.25, 0.3) is 0 Å². The van der Waals surface area contributed by atoms with Crippen molar-refractivity contribution in [3.63, 3.8) is 0 Å². The smallest absolute Gasteiger partial charge is 0.161 e. The Labute approximate surface area is 129 Å². The van der Waals surface area contributed by atoms with Gasteiger partial charge in [0.15, 0.2) is 5.17 Å². The molecule has 0 spiro atoms. The second-order valence-corrected chi connectivity index (χ2v) is 6.22. The molecule has 0 saturated heterocycles. The minimum absolute atomic E-state index is 0.391. The van der Waals surface area contributed by atoms with E-state index in [0.717, 1.165) is 17.4 Å². The van der Waals surface area contributed by atoms with E-state index in [1.54, 1.807) is 23.9 Å². The van der Waals surface area contributed by atoms with Crippen molar-refractivity contribution in [3.05, 3.63) is 29.3 Å². The second kappa shape index (κ2) is 7.15. The zero-order valence-electron chi connectivity index (χ0n) is 12.3. The van der Waals surface area contributed by atoms with E-state index >= 15 is 0 Å². The average Bonchev–Trinajstić information content (AvgIpc) is 2.96. The molecule has 0 saturated carbocycles. The van der Waals surface area contributed by atoms with Crippen LogP contribution in [0.1, 0.15) is 37.8 Å². The number of nitriles is 2. The molecule has 108 valence electrons. The third-order valence-electron chi connectivity index (χ3n) is 3.76. The van der Waals surface area contributed by atoms with Gasteiger partial charge >= 0.3 is 0 Å². The molecule has 0 aliphatic carbocycles. The summed E-state index contributed by atoms with van der Waals surface area (Å²) in [6.07, 6.45) is 2.35.